The van der Waals surface area contributed by atoms with Crippen molar-refractivity contribution in [1.29, 1.82) is 0 Å². The lowest BCUT2D eigenvalue weighted by Gasteiger charge is -1.99. The van der Waals surface area contributed by atoms with E-state index >= 15 is 0 Å². The number of aromatic nitrogens is 8. The number of aryl methyl sites for hydroxylation is 1. The fraction of sp³-hybridized carbons (Fsp3) is 0.200. The molecule has 1 N–H and O–H groups in total. The molecule has 0 atom stereocenters. The maximum absolute atomic E-state index is 12.3. The predicted molar refractivity (Wildman–Crippen MR) is 98.0 cm³/mol. The minimum absolute atomic E-state index is 0.194. The summed E-state index contributed by atoms with van der Waals surface area (Å²) in [6.07, 6.45) is 0. The number of benzene rings is 1. The largest absolute Gasteiger partial charge is 0.274 e. The number of fused-ring (bicyclic) bond motifs is 1. The fourth-order valence-corrected chi connectivity index (χ4v) is 3.79. The smallest absolute Gasteiger partial charge is 0.267 e. The van der Waals surface area contributed by atoms with Gasteiger partial charge in [0.1, 0.15) is 0 Å². The van der Waals surface area contributed by atoms with Gasteiger partial charge in [-0.15, -0.1) is 5.10 Å². The van der Waals surface area contributed by atoms with E-state index in [1.807, 2.05) is 18.2 Å². The third-order valence-electron chi connectivity index (χ3n) is 3.51. The first-order chi connectivity index (χ1) is 12.7. The van der Waals surface area contributed by atoms with E-state index in [4.69, 9.17) is 0 Å². The SMILES string of the molecule is Cn1nnnc1SCc1cc(=O)n2[nH]c(SCc3ccccc3)nc2n1. The van der Waals surface area contributed by atoms with E-state index in [0.29, 0.717) is 27.5 Å². The monoisotopic (exact) mass is 386 g/mol. The van der Waals surface area contributed by atoms with Crippen LogP contribution in [0.1, 0.15) is 11.3 Å². The third-order valence-corrected chi connectivity index (χ3v) is 5.49. The molecule has 0 radical (unpaired) electrons. The number of H-pyrrole nitrogens is 1. The Morgan fingerprint density at radius 2 is 1.96 bits per heavy atom. The summed E-state index contributed by atoms with van der Waals surface area (Å²) in [6, 6.07) is 11.6. The van der Waals surface area contributed by atoms with Crippen molar-refractivity contribution in [2.24, 2.45) is 7.05 Å². The summed E-state index contributed by atoms with van der Waals surface area (Å²) in [4.78, 5) is 21.2. The van der Waals surface area contributed by atoms with E-state index in [1.54, 1.807) is 11.7 Å². The van der Waals surface area contributed by atoms with Crippen molar-refractivity contribution in [2.75, 3.05) is 0 Å². The van der Waals surface area contributed by atoms with Gasteiger partial charge < -0.3 is 0 Å². The number of rotatable bonds is 6. The first kappa shape index (κ1) is 16.8. The van der Waals surface area contributed by atoms with E-state index in [-0.39, 0.29) is 5.56 Å². The van der Waals surface area contributed by atoms with Crippen molar-refractivity contribution < 1.29 is 0 Å². The second-order valence-electron chi connectivity index (χ2n) is 5.40. The quantitative estimate of drug-likeness (QED) is 0.497. The van der Waals surface area contributed by atoms with Crippen LogP contribution in [0.4, 0.5) is 0 Å². The molecule has 0 aliphatic heterocycles. The minimum atomic E-state index is -0.194. The Balaban J connectivity index is 1.51. The lowest BCUT2D eigenvalue weighted by atomic mass is 10.2. The maximum Gasteiger partial charge on any atom is 0.274 e. The van der Waals surface area contributed by atoms with Crippen LogP contribution in [0.15, 0.2) is 51.5 Å². The molecule has 4 rings (SSSR count). The summed E-state index contributed by atoms with van der Waals surface area (Å²) < 4.78 is 2.92. The lowest BCUT2D eigenvalue weighted by Crippen LogP contribution is -2.15. The van der Waals surface area contributed by atoms with Gasteiger partial charge >= 0.3 is 0 Å². The lowest BCUT2D eigenvalue weighted by molar-refractivity contribution is 0.664. The van der Waals surface area contributed by atoms with Crippen molar-refractivity contribution in [3.8, 4) is 0 Å². The van der Waals surface area contributed by atoms with E-state index in [9.17, 15) is 4.79 Å². The molecule has 0 aliphatic rings. The number of hydrogen-bond donors (Lipinski definition) is 1. The Hall–Kier alpha value is -2.66. The second-order valence-corrected chi connectivity index (χ2v) is 7.30. The number of nitrogens with zero attached hydrogens (tertiary/aromatic N) is 7. The zero-order chi connectivity index (χ0) is 17.9. The van der Waals surface area contributed by atoms with Gasteiger partial charge in [0.15, 0.2) is 5.16 Å². The molecule has 0 aliphatic carbocycles. The molecule has 3 heterocycles. The maximum atomic E-state index is 12.3. The Morgan fingerprint density at radius 3 is 2.73 bits per heavy atom. The molecule has 0 saturated carbocycles. The number of aromatic amines is 1. The average Bonchev–Trinajstić information content (AvgIpc) is 3.25. The molecule has 3 aromatic heterocycles. The van der Waals surface area contributed by atoms with E-state index in [2.05, 4.69) is 42.7 Å². The van der Waals surface area contributed by atoms with Crippen LogP contribution in [-0.2, 0) is 18.6 Å². The number of tetrazole rings is 1. The highest BCUT2D eigenvalue weighted by Crippen LogP contribution is 2.20. The predicted octanol–water partition coefficient (Wildman–Crippen LogP) is 1.53. The molecule has 132 valence electrons. The Bertz CT molecular complexity index is 1090. The number of nitrogens with one attached hydrogen (secondary N) is 1. The molecule has 4 aromatic rings. The van der Waals surface area contributed by atoms with Crippen LogP contribution in [0.2, 0.25) is 0 Å². The van der Waals surface area contributed by atoms with Gasteiger partial charge in [-0.05, 0) is 16.0 Å². The highest BCUT2D eigenvalue weighted by Gasteiger charge is 2.10. The average molecular weight is 386 g/mol. The minimum Gasteiger partial charge on any atom is -0.267 e. The Labute approximate surface area is 156 Å². The van der Waals surface area contributed by atoms with Crippen LogP contribution in [0.3, 0.4) is 0 Å². The van der Waals surface area contributed by atoms with Crippen molar-refractivity contribution in [1.82, 2.24) is 39.8 Å². The number of hydrogen-bond acceptors (Lipinski definition) is 8. The molecule has 0 bridgehead atoms. The van der Waals surface area contributed by atoms with Gasteiger partial charge in [-0.25, -0.2) is 9.67 Å². The van der Waals surface area contributed by atoms with Gasteiger partial charge in [-0.2, -0.15) is 9.50 Å². The van der Waals surface area contributed by atoms with Gasteiger partial charge in [0.25, 0.3) is 11.3 Å². The first-order valence-corrected chi connectivity index (χ1v) is 9.67. The van der Waals surface area contributed by atoms with Crippen LogP contribution < -0.4 is 5.56 Å². The summed E-state index contributed by atoms with van der Waals surface area (Å²) >= 11 is 2.94. The summed E-state index contributed by atoms with van der Waals surface area (Å²) in [6.45, 7) is 0. The molecule has 0 saturated heterocycles. The summed E-state index contributed by atoms with van der Waals surface area (Å²) in [7, 11) is 1.76. The molecule has 11 heteroatoms. The normalized spacial score (nSPS) is 11.3. The van der Waals surface area contributed by atoms with Crippen LogP contribution in [0.25, 0.3) is 5.78 Å². The summed E-state index contributed by atoms with van der Waals surface area (Å²) in [5, 5.41) is 15.6. The van der Waals surface area contributed by atoms with E-state index in [1.165, 1.54) is 39.7 Å². The van der Waals surface area contributed by atoms with Crippen molar-refractivity contribution >= 4 is 29.3 Å². The second kappa shape index (κ2) is 7.30. The summed E-state index contributed by atoms with van der Waals surface area (Å²) in [5.74, 6) is 1.61. The van der Waals surface area contributed by atoms with Crippen LogP contribution in [0.5, 0.6) is 0 Å². The van der Waals surface area contributed by atoms with Crippen molar-refractivity contribution in [3.63, 3.8) is 0 Å². The van der Waals surface area contributed by atoms with Crippen LogP contribution in [-0.4, -0.2) is 39.8 Å². The van der Waals surface area contributed by atoms with Crippen LogP contribution >= 0.6 is 23.5 Å². The zero-order valence-electron chi connectivity index (χ0n) is 13.7. The molecular formula is C15H14N8OS2. The van der Waals surface area contributed by atoms with E-state index in [0.717, 1.165) is 5.75 Å². The van der Waals surface area contributed by atoms with Gasteiger partial charge in [-0.1, -0.05) is 53.9 Å². The Kier molecular flexibility index (Phi) is 4.71. The summed E-state index contributed by atoms with van der Waals surface area (Å²) in [5.41, 5.74) is 1.63. The van der Waals surface area contributed by atoms with Crippen molar-refractivity contribution in [2.45, 2.75) is 21.8 Å². The van der Waals surface area contributed by atoms with Gasteiger partial charge in [0.05, 0.1) is 5.69 Å². The molecule has 0 spiro atoms. The third kappa shape index (κ3) is 3.63. The molecule has 26 heavy (non-hydrogen) atoms. The van der Waals surface area contributed by atoms with Gasteiger partial charge in [-0.3, -0.25) is 9.89 Å². The van der Waals surface area contributed by atoms with Gasteiger partial charge in [0.2, 0.25) is 5.16 Å². The molecule has 1 aromatic carbocycles. The molecule has 0 fully saturated rings. The number of thioether (sulfide) groups is 2. The molecule has 0 unspecified atom stereocenters. The molecule has 0 amide bonds. The zero-order valence-corrected chi connectivity index (χ0v) is 15.4. The standard InChI is InChI=1S/C15H14N8OS2/c1-22-15(18-20-21-22)26-9-11-7-12(24)23-13(16-11)17-14(19-23)25-8-10-5-3-2-4-6-10/h2-7H,8-9H2,1H3,(H,16,17,19). The highest BCUT2D eigenvalue weighted by atomic mass is 32.2. The molecular weight excluding hydrogens is 372 g/mol. The van der Waals surface area contributed by atoms with Gasteiger partial charge in [0, 0.05) is 24.6 Å². The molecule has 9 nitrogen and oxygen atoms in total. The topological polar surface area (TPSA) is 107 Å². The highest BCUT2D eigenvalue weighted by molar-refractivity contribution is 7.98. The Morgan fingerprint density at radius 1 is 1.12 bits per heavy atom. The first-order valence-electron chi connectivity index (χ1n) is 7.69. The van der Waals surface area contributed by atoms with E-state index < -0.39 is 0 Å². The van der Waals surface area contributed by atoms with Crippen LogP contribution in [0, 0.1) is 0 Å². The fourth-order valence-electron chi connectivity index (χ4n) is 2.25. The van der Waals surface area contributed by atoms with Crippen molar-refractivity contribution in [3.05, 3.63) is 58.0 Å².